The predicted molar refractivity (Wildman–Crippen MR) is 76.7 cm³/mol. The van der Waals surface area contributed by atoms with Gasteiger partial charge in [0.25, 0.3) is 0 Å². The fraction of sp³-hybridized carbons (Fsp3) is 0.500. The molecule has 1 heterocycles. The summed E-state index contributed by atoms with van der Waals surface area (Å²) in [6.07, 6.45) is 1.37. The van der Waals surface area contributed by atoms with E-state index in [9.17, 15) is 17.6 Å². The molecule has 1 aromatic rings. The molecule has 1 aliphatic heterocycles. The van der Waals surface area contributed by atoms with Crippen molar-refractivity contribution in [2.75, 3.05) is 13.6 Å². The molecule has 0 radical (unpaired) electrons. The molecular weight excluding hydrogens is 295 g/mol. The lowest BCUT2D eigenvalue weighted by molar-refractivity contribution is -0.129. The van der Waals surface area contributed by atoms with Gasteiger partial charge in [0.2, 0.25) is 15.9 Å². The summed E-state index contributed by atoms with van der Waals surface area (Å²) < 4.78 is 40.5. The smallest absolute Gasteiger partial charge is 0.241 e. The molecule has 1 fully saturated rings. The number of aryl methyl sites for hydroxylation is 1. The van der Waals surface area contributed by atoms with Crippen molar-refractivity contribution in [2.45, 2.75) is 37.1 Å². The first kappa shape index (κ1) is 15.9. The Hall–Kier alpha value is -1.47. The van der Waals surface area contributed by atoms with Crippen molar-refractivity contribution in [3.05, 3.63) is 29.6 Å². The van der Waals surface area contributed by atoms with E-state index in [1.54, 1.807) is 18.9 Å². The molecule has 116 valence electrons. The molecule has 5 nitrogen and oxygen atoms in total. The van der Waals surface area contributed by atoms with Gasteiger partial charge in [-0.05, 0) is 43.5 Å². The number of sulfonamides is 1. The van der Waals surface area contributed by atoms with Crippen molar-refractivity contribution in [1.29, 1.82) is 0 Å². The third-order valence-corrected chi connectivity index (χ3v) is 5.37. The summed E-state index contributed by atoms with van der Waals surface area (Å²) in [6.45, 7) is 2.08. The third-order valence-electron chi connectivity index (χ3n) is 3.69. The first-order valence-corrected chi connectivity index (χ1v) is 8.30. The van der Waals surface area contributed by atoms with Gasteiger partial charge in [-0.2, -0.15) is 0 Å². The van der Waals surface area contributed by atoms with E-state index in [1.807, 2.05) is 0 Å². The van der Waals surface area contributed by atoms with Crippen molar-refractivity contribution in [3.63, 3.8) is 0 Å². The number of carbonyl (C=O) groups excluding carboxylic acids is 1. The molecule has 7 heteroatoms. The second-order valence-corrected chi connectivity index (χ2v) is 7.05. The third kappa shape index (κ3) is 3.79. The summed E-state index contributed by atoms with van der Waals surface area (Å²) in [5.41, 5.74) is 0.365. The predicted octanol–water partition coefficient (Wildman–Crippen LogP) is 1.42. The average Bonchev–Trinajstić information content (AvgIpc) is 2.53. The minimum Gasteiger partial charge on any atom is -0.346 e. The molecule has 1 saturated heterocycles. The lowest BCUT2D eigenvalue weighted by atomic mass is 10.1. The number of halogens is 1. The standard InChI is InChI=1S/C14H19FN2O3S/c1-10-9-11(15)3-5-13(10)21(19,20)16-12-4-6-14(18)17(2)8-7-12/h3,5,9,12,16H,4,6-8H2,1-2H3. The molecule has 0 aromatic heterocycles. The summed E-state index contributed by atoms with van der Waals surface area (Å²) in [6, 6.07) is 3.31. The molecule has 0 bridgehead atoms. The van der Waals surface area contributed by atoms with Crippen LogP contribution in [0.25, 0.3) is 0 Å². The lowest BCUT2D eigenvalue weighted by Gasteiger charge is -2.17. The van der Waals surface area contributed by atoms with Crippen molar-refractivity contribution < 1.29 is 17.6 Å². The summed E-state index contributed by atoms with van der Waals surface area (Å²) in [5, 5.41) is 0. The maximum Gasteiger partial charge on any atom is 0.241 e. The molecule has 2 rings (SSSR count). The van der Waals surface area contributed by atoms with Gasteiger partial charge in [-0.25, -0.2) is 17.5 Å². The Kier molecular flexibility index (Phi) is 4.63. The van der Waals surface area contributed by atoms with E-state index in [0.717, 1.165) is 6.07 Å². The van der Waals surface area contributed by atoms with Gasteiger partial charge >= 0.3 is 0 Å². The highest BCUT2D eigenvalue weighted by Gasteiger charge is 2.25. The Morgan fingerprint density at radius 2 is 2.05 bits per heavy atom. The summed E-state index contributed by atoms with van der Waals surface area (Å²) >= 11 is 0. The number of hydrogen-bond donors (Lipinski definition) is 1. The van der Waals surface area contributed by atoms with Crippen LogP contribution in [0.4, 0.5) is 4.39 Å². The molecule has 21 heavy (non-hydrogen) atoms. The van der Waals surface area contributed by atoms with E-state index in [-0.39, 0.29) is 16.8 Å². The van der Waals surface area contributed by atoms with E-state index >= 15 is 0 Å². The first-order valence-electron chi connectivity index (χ1n) is 6.82. The van der Waals surface area contributed by atoms with E-state index in [4.69, 9.17) is 0 Å². The number of nitrogens with one attached hydrogen (secondary N) is 1. The summed E-state index contributed by atoms with van der Waals surface area (Å²) in [4.78, 5) is 13.3. The van der Waals surface area contributed by atoms with Crippen LogP contribution in [0.15, 0.2) is 23.1 Å². The second-order valence-electron chi connectivity index (χ2n) is 5.37. The van der Waals surface area contributed by atoms with E-state index in [0.29, 0.717) is 31.4 Å². The van der Waals surface area contributed by atoms with Crippen LogP contribution in [-0.2, 0) is 14.8 Å². The molecular formula is C14H19FN2O3S. The van der Waals surface area contributed by atoms with Crippen molar-refractivity contribution >= 4 is 15.9 Å². The SMILES string of the molecule is Cc1cc(F)ccc1S(=O)(=O)NC1CCC(=O)N(C)CC1. The van der Waals surface area contributed by atoms with E-state index in [2.05, 4.69) is 4.72 Å². The van der Waals surface area contributed by atoms with Gasteiger partial charge in [0, 0.05) is 26.1 Å². The van der Waals surface area contributed by atoms with Crippen molar-refractivity contribution in [1.82, 2.24) is 9.62 Å². The molecule has 1 amide bonds. The Balaban J connectivity index is 2.15. The molecule has 1 N–H and O–H groups in total. The van der Waals surface area contributed by atoms with Gasteiger partial charge in [0.1, 0.15) is 5.82 Å². The number of likely N-dealkylation sites (tertiary alicyclic amines) is 1. The maximum atomic E-state index is 13.1. The van der Waals surface area contributed by atoms with E-state index < -0.39 is 15.8 Å². The topological polar surface area (TPSA) is 66.5 Å². The lowest BCUT2D eigenvalue weighted by Crippen LogP contribution is -2.35. The van der Waals surface area contributed by atoms with Crippen LogP contribution < -0.4 is 4.72 Å². The zero-order valence-electron chi connectivity index (χ0n) is 12.1. The minimum atomic E-state index is -3.70. The van der Waals surface area contributed by atoms with Crippen LogP contribution in [0.3, 0.4) is 0 Å². The van der Waals surface area contributed by atoms with Gasteiger partial charge in [-0.3, -0.25) is 4.79 Å². The Morgan fingerprint density at radius 3 is 2.71 bits per heavy atom. The molecule has 0 saturated carbocycles. The maximum absolute atomic E-state index is 13.1. The number of amides is 1. The second kappa shape index (κ2) is 6.11. The molecule has 1 aliphatic rings. The van der Waals surface area contributed by atoms with E-state index in [1.165, 1.54) is 12.1 Å². The van der Waals surface area contributed by atoms with Gasteiger partial charge < -0.3 is 4.90 Å². The number of benzene rings is 1. The van der Waals surface area contributed by atoms with Crippen LogP contribution in [-0.4, -0.2) is 38.9 Å². The fourth-order valence-electron chi connectivity index (χ4n) is 2.42. The normalized spacial score (nSPS) is 20.4. The zero-order valence-corrected chi connectivity index (χ0v) is 12.9. The average molecular weight is 314 g/mol. The monoisotopic (exact) mass is 314 g/mol. The van der Waals surface area contributed by atoms with Crippen LogP contribution >= 0.6 is 0 Å². The summed E-state index contributed by atoms with van der Waals surface area (Å²) in [5.74, 6) is -0.442. The molecule has 1 aromatic carbocycles. The zero-order chi connectivity index (χ0) is 15.6. The quantitative estimate of drug-likeness (QED) is 0.917. The van der Waals surface area contributed by atoms with Crippen LogP contribution in [0.5, 0.6) is 0 Å². The molecule has 1 unspecified atom stereocenters. The van der Waals surface area contributed by atoms with Gasteiger partial charge in [0.05, 0.1) is 4.90 Å². The molecule has 1 atom stereocenters. The highest BCUT2D eigenvalue weighted by Crippen LogP contribution is 2.19. The van der Waals surface area contributed by atoms with Crippen LogP contribution in [0.1, 0.15) is 24.8 Å². The minimum absolute atomic E-state index is 0.0228. The summed E-state index contributed by atoms with van der Waals surface area (Å²) in [7, 11) is -1.99. The number of nitrogens with zero attached hydrogens (tertiary/aromatic N) is 1. The van der Waals surface area contributed by atoms with Gasteiger partial charge in [0.15, 0.2) is 0 Å². The molecule has 0 aliphatic carbocycles. The Labute approximate surface area is 124 Å². The highest BCUT2D eigenvalue weighted by molar-refractivity contribution is 7.89. The van der Waals surface area contributed by atoms with Gasteiger partial charge in [-0.1, -0.05) is 0 Å². The fourth-order valence-corrected chi connectivity index (χ4v) is 3.95. The van der Waals surface area contributed by atoms with Gasteiger partial charge in [-0.15, -0.1) is 0 Å². The Morgan fingerprint density at radius 1 is 1.33 bits per heavy atom. The number of hydrogen-bond acceptors (Lipinski definition) is 3. The first-order chi connectivity index (χ1) is 9.79. The highest BCUT2D eigenvalue weighted by atomic mass is 32.2. The molecule has 0 spiro atoms. The van der Waals surface area contributed by atoms with Crippen molar-refractivity contribution in [2.24, 2.45) is 0 Å². The Bertz CT molecular complexity index is 646. The van der Waals surface area contributed by atoms with Crippen LogP contribution in [0.2, 0.25) is 0 Å². The largest absolute Gasteiger partial charge is 0.346 e. The number of carbonyl (C=O) groups is 1. The van der Waals surface area contributed by atoms with Crippen LogP contribution in [0, 0.1) is 12.7 Å². The van der Waals surface area contributed by atoms with Crippen molar-refractivity contribution in [3.8, 4) is 0 Å². The number of rotatable bonds is 3.